The Hall–Kier alpha value is -2.58. The minimum Gasteiger partial charge on any atom is -0.368 e. The molecule has 0 unspecified atom stereocenters. The summed E-state index contributed by atoms with van der Waals surface area (Å²) >= 11 is 0. The van der Waals surface area contributed by atoms with Crippen LogP contribution in [-0.2, 0) is 27.0 Å². The molecule has 3 amide bonds. The highest BCUT2D eigenvalue weighted by atomic mass is 19.4. The first-order valence-corrected chi connectivity index (χ1v) is 8.43. The quantitative estimate of drug-likeness (QED) is 0.634. The van der Waals surface area contributed by atoms with Crippen molar-refractivity contribution in [3.63, 3.8) is 0 Å². The van der Waals surface area contributed by atoms with Crippen LogP contribution in [0.5, 0.6) is 0 Å². The van der Waals surface area contributed by atoms with Crippen molar-refractivity contribution < 1.29 is 27.6 Å². The number of amides is 3. The van der Waals surface area contributed by atoms with Crippen molar-refractivity contribution in [3.8, 4) is 0 Å². The molecule has 9 heteroatoms. The van der Waals surface area contributed by atoms with Crippen molar-refractivity contribution in [1.82, 2.24) is 10.6 Å². The summed E-state index contributed by atoms with van der Waals surface area (Å²) in [4.78, 5) is 35.4. The molecule has 0 fully saturated rings. The zero-order valence-electron chi connectivity index (χ0n) is 15.4. The first kappa shape index (κ1) is 22.5. The maximum atomic E-state index is 13.1. The van der Waals surface area contributed by atoms with Crippen LogP contribution in [0.1, 0.15) is 38.3 Å². The van der Waals surface area contributed by atoms with Gasteiger partial charge in [-0.1, -0.05) is 32.0 Å². The topological polar surface area (TPSA) is 101 Å². The van der Waals surface area contributed by atoms with Gasteiger partial charge in [0.2, 0.25) is 17.7 Å². The van der Waals surface area contributed by atoms with E-state index in [-0.39, 0.29) is 11.5 Å². The van der Waals surface area contributed by atoms with Gasteiger partial charge in [0.1, 0.15) is 12.1 Å². The highest BCUT2D eigenvalue weighted by molar-refractivity contribution is 5.91. The molecule has 27 heavy (non-hydrogen) atoms. The van der Waals surface area contributed by atoms with E-state index in [1.54, 1.807) is 0 Å². The number of alkyl halides is 3. The lowest BCUT2D eigenvalue weighted by Crippen LogP contribution is -2.53. The van der Waals surface area contributed by atoms with E-state index >= 15 is 0 Å². The highest BCUT2D eigenvalue weighted by Crippen LogP contribution is 2.32. The fourth-order valence-electron chi connectivity index (χ4n) is 2.64. The van der Waals surface area contributed by atoms with Gasteiger partial charge in [-0.3, -0.25) is 14.4 Å². The standard InChI is InChI=1S/C18H24F3N3O3/c1-10(2)8-15(23-11(3)25)17(27)24-14(16(22)26)9-12-6-4-5-7-13(12)18(19,20)21/h4-7,10,14-15H,8-9H2,1-3H3,(H2,22,26)(H,23,25)(H,24,27)/t14-,15+/m1/s1. The molecule has 0 heterocycles. The molecule has 0 radical (unpaired) electrons. The van der Waals surface area contributed by atoms with E-state index in [9.17, 15) is 27.6 Å². The summed E-state index contributed by atoms with van der Waals surface area (Å²) < 4.78 is 39.4. The number of primary amides is 1. The highest BCUT2D eigenvalue weighted by Gasteiger charge is 2.34. The van der Waals surface area contributed by atoms with Crippen LogP contribution in [0.25, 0.3) is 0 Å². The molecule has 0 aliphatic carbocycles. The van der Waals surface area contributed by atoms with E-state index in [1.807, 2.05) is 13.8 Å². The Morgan fingerprint density at radius 1 is 1.07 bits per heavy atom. The Morgan fingerprint density at radius 2 is 1.67 bits per heavy atom. The molecule has 6 nitrogen and oxygen atoms in total. The molecule has 0 spiro atoms. The number of halogens is 3. The van der Waals surface area contributed by atoms with Gasteiger partial charge in [0, 0.05) is 13.3 Å². The molecule has 1 rings (SSSR count). The second kappa shape index (κ2) is 9.38. The maximum absolute atomic E-state index is 13.1. The summed E-state index contributed by atoms with van der Waals surface area (Å²) in [5.41, 5.74) is 4.22. The van der Waals surface area contributed by atoms with Crippen LogP contribution < -0.4 is 16.4 Å². The Labute approximate surface area is 155 Å². The number of hydrogen-bond donors (Lipinski definition) is 3. The van der Waals surface area contributed by atoms with Crippen LogP contribution in [0.3, 0.4) is 0 Å². The van der Waals surface area contributed by atoms with Gasteiger partial charge >= 0.3 is 6.18 Å². The van der Waals surface area contributed by atoms with Crippen molar-refractivity contribution in [2.24, 2.45) is 11.7 Å². The van der Waals surface area contributed by atoms with E-state index in [2.05, 4.69) is 10.6 Å². The number of nitrogens with two attached hydrogens (primary N) is 1. The maximum Gasteiger partial charge on any atom is 0.416 e. The average molecular weight is 387 g/mol. The molecule has 0 aromatic heterocycles. The molecule has 0 aliphatic heterocycles. The van der Waals surface area contributed by atoms with Crippen LogP contribution in [0.4, 0.5) is 13.2 Å². The van der Waals surface area contributed by atoms with E-state index in [4.69, 9.17) is 5.73 Å². The van der Waals surface area contributed by atoms with Crippen molar-refractivity contribution in [1.29, 1.82) is 0 Å². The van der Waals surface area contributed by atoms with Gasteiger partial charge in [-0.05, 0) is 24.0 Å². The van der Waals surface area contributed by atoms with Crippen LogP contribution in [0, 0.1) is 5.92 Å². The molecule has 1 aromatic rings. The molecule has 2 atom stereocenters. The van der Waals surface area contributed by atoms with Crippen molar-refractivity contribution in [2.45, 2.75) is 51.9 Å². The number of carbonyl (C=O) groups excluding carboxylic acids is 3. The second-order valence-corrected chi connectivity index (χ2v) is 6.71. The van der Waals surface area contributed by atoms with Gasteiger partial charge in [-0.15, -0.1) is 0 Å². The van der Waals surface area contributed by atoms with Gasteiger partial charge in [0.05, 0.1) is 5.56 Å². The Kier molecular flexibility index (Phi) is 7.81. The van der Waals surface area contributed by atoms with E-state index in [1.165, 1.54) is 25.1 Å². The monoisotopic (exact) mass is 387 g/mol. The molecule has 4 N–H and O–H groups in total. The second-order valence-electron chi connectivity index (χ2n) is 6.71. The van der Waals surface area contributed by atoms with Crippen molar-refractivity contribution in [2.75, 3.05) is 0 Å². The molecule has 0 aliphatic rings. The molecule has 0 saturated heterocycles. The number of hydrogen-bond acceptors (Lipinski definition) is 3. The average Bonchev–Trinajstić information content (AvgIpc) is 2.52. The van der Waals surface area contributed by atoms with Gasteiger partial charge in [0.15, 0.2) is 0 Å². The molecular weight excluding hydrogens is 363 g/mol. The minimum absolute atomic E-state index is 0.0607. The lowest BCUT2D eigenvalue weighted by Gasteiger charge is -2.23. The zero-order chi connectivity index (χ0) is 20.8. The minimum atomic E-state index is -4.60. The first-order valence-electron chi connectivity index (χ1n) is 8.43. The van der Waals surface area contributed by atoms with E-state index in [0.29, 0.717) is 6.42 Å². The smallest absolute Gasteiger partial charge is 0.368 e. The summed E-state index contributed by atoms with van der Waals surface area (Å²) in [7, 11) is 0. The van der Waals surface area contributed by atoms with Gasteiger partial charge < -0.3 is 16.4 Å². The molecule has 1 aromatic carbocycles. The number of carbonyl (C=O) groups is 3. The van der Waals surface area contributed by atoms with Crippen molar-refractivity contribution in [3.05, 3.63) is 35.4 Å². The molecule has 150 valence electrons. The molecule has 0 saturated carbocycles. The van der Waals surface area contributed by atoms with E-state index in [0.717, 1.165) is 6.07 Å². The first-order chi connectivity index (χ1) is 12.4. The third-order valence-electron chi connectivity index (χ3n) is 3.81. The fourth-order valence-corrected chi connectivity index (χ4v) is 2.64. The van der Waals surface area contributed by atoms with E-state index < -0.39 is 48.0 Å². The number of rotatable bonds is 8. The lowest BCUT2D eigenvalue weighted by molar-refractivity contribution is -0.138. The Balaban J connectivity index is 3.02. The van der Waals surface area contributed by atoms with Crippen LogP contribution in [-0.4, -0.2) is 29.8 Å². The third-order valence-corrected chi connectivity index (χ3v) is 3.81. The Morgan fingerprint density at radius 3 is 2.15 bits per heavy atom. The summed E-state index contributed by atoms with van der Waals surface area (Å²) in [5, 5.41) is 4.83. The zero-order valence-corrected chi connectivity index (χ0v) is 15.4. The summed E-state index contributed by atoms with van der Waals surface area (Å²) in [6.45, 7) is 4.92. The SMILES string of the molecule is CC(=O)N[C@@H](CC(C)C)C(=O)N[C@H](Cc1ccccc1C(F)(F)F)C(N)=O. The van der Waals surface area contributed by atoms with Crippen LogP contribution in [0.15, 0.2) is 24.3 Å². The molecule has 0 bridgehead atoms. The van der Waals surface area contributed by atoms with Gasteiger partial charge in [-0.2, -0.15) is 13.2 Å². The number of nitrogens with one attached hydrogen (secondary N) is 2. The number of benzene rings is 1. The van der Waals surface area contributed by atoms with Crippen LogP contribution in [0.2, 0.25) is 0 Å². The lowest BCUT2D eigenvalue weighted by atomic mass is 9.98. The van der Waals surface area contributed by atoms with Gasteiger partial charge in [0.25, 0.3) is 0 Å². The third kappa shape index (κ3) is 7.28. The summed E-state index contributed by atoms with van der Waals surface area (Å²) in [6.07, 6.45) is -4.71. The predicted molar refractivity (Wildman–Crippen MR) is 93.3 cm³/mol. The Bertz CT molecular complexity index is 690. The van der Waals surface area contributed by atoms with Crippen LogP contribution >= 0.6 is 0 Å². The predicted octanol–water partition coefficient (Wildman–Crippen LogP) is 1.77. The summed E-state index contributed by atoms with van der Waals surface area (Å²) in [5.74, 6) is -2.02. The molecular formula is C18H24F3N3O3. The summed E-state index contributed by atoms with van der Waals surface area (Å²) in [6, 6.07) is 2.51. The van der Waals surface area contributed by atoms with Crippen molar-refractivity contribution >= 4 is 17.7 Å². The fraction of sp³-hybridized carbons (Fsp3) is 0.500. The largest absolute Gasteiger partial charge is 0.416 e. The normalized spacial score (nSPS) is 13.7. The van der Waals surface area contributed by atoms with Gasteiger partial charge in [-0.25, -0.2) is 0 Å².